The van der Waals surface area contributed by atoms with Crippen LogP contribution in [0.1, 0.15) is 31.2 Å². The van der Waals surface area contributed by atoms with Gasteiger partial charge in [0.05, 0.1) is 7.11 Å². The molecule has 1 aliphatic rings. The highest BCUT2D eigenvalue weighted by Gasteiger charge is 2.22. The van der Waals surface area contributed by atoms with Gasteiger partial charge in [0.2, 0.25) is 5.91 Å². The summed E-state index contributed by atoms with van der Waals surface area (Å²) in [6.07, 6.45) is 3.65. The number of phenolic OH excluding ortho intramolecular Hbond substituents is 1. The molecule has 1 aromatic carbocycles. The van der Waals surface area contributed by atoms with Crippen LogP contribution in [0.2, 0.25) is 0 Å². The molecule has 0 spiro atoms. The van der Waals surface area contributed by atoms with E-state index in [-0.39, 0.29) is 11.7 Å². The number of amides is 1. The van der Waals surface area contributed by atoms with E-state index in [2.05, 4.69) is 10.6 Å². The van der Waals surface area contributed by atoms with E-state index in [0.29, 0.717) is 24.8 Å². The van der Waals surface area contributed by atoms with Gasteiger partial charge in [-0.3, -0.25) is 4.79 Å². The van der Waals surface area contributed by atoms with E-state index >= 15 is 0 Å². The second kappa shape index (κ2) is 7.14. The zero-order chi connectivity index (χ0) is 14.4. The minimum Gasteiger partial charge on any atom is -0.504 e. The van der Waals surface area contributed by atoms with E-state index in [1.807, 2.05) is 6.07 Å². The number of nitrogens with one attached hydrogen (secondary N) is 2. The number of ether oxygens (including phenoxy) is 1. The molecule has 110 valence electrons. The lowest BCUT2D eigenvalue weighted by molar-refractivity contribution is -0.121. The lowest BCUT2D eigenvalue weighted by Crippen LogP contribution is -2.26. The molecular formula is C15H22N2O3. The summed E-state index contributed by atoms with van der Waals surface area (Å²) in [4.78, 5) is 11.5. The van der Waals surface area contributed by atoms with Gasteiger partial charge in [0.15, 0.2) is 11.5 Å². The van der Waals surface area contributed by atoms with Gasteiger partial charge in [0.1, 0.15) is 0 Å². The third kappa shape index (κ3) is 4.74. The highest BCUT2D eigenvalue weighted by Crippen LogP contribution is 2.26. The normalized spacial score (nSPS) is 14.1. The first kappa shape index (κ1) is 14.7. The van der Waals surface area contributed by atoms with Gasteiger partial charge in [0.25, 0.3) is 0 Å². The van der Waals surface area contributed by atoms with Crippen molar-refractivity contribution in [3.05, 3.63) is 23.8 Å². The van der Waals surface area contributed by atoms with Crippen LogP contribution in [0.15, 0.2) is 18.2 Å². The maximum absolute atomic E-state index is 11.5. The number of phenols is 1. The molecule has 1 saturated carbocycles. The fourth-order valence-electron chi connectivity index (χ4n) is 1.98. The van der Waals surface area contributed by atoms with Gasteiger partial charge in [-0.25, -0.2) is 0 Å². The van der Waals surface area contributed by atoms with E-state index in [0.717, 1.165) is 31.4 Å². The molecule has 3 N–H and O–H groups in total. The summed E-state index contributed by atoms with van der Waals surface area (Å²) < 4.78 is 4.99. The lowest BCUT2D eigenvalue weighted by atomic mass is 10.2. The van der Waals surface area contributed by atoms with E-state index in [4.69, 9.17) is 4.74 Å². The van der Waals surface area contributed by atoms with Gasteiger partial charge in [0, 0.05) is 19.0 Å². The van der Waals surface area contributed by atoms with Gasteiger partial charge in [-0.2, -0.15) is 0 Å². The van der Waals surface area contributed by atoms with Gasteiger partial charge < -0.3 is 20.5 Å². The Balaban J connectivity index is 1.60. The van der Waals surface area contributed by atoms with Gasteiger partial charge in [-0.05, 0) is 43.5 Å². The molecule has 0 aromatic heterocycles. The van der Waals surface area contributed by atoms with Crippen molar-refractivity contribution in [1.29, 1.82) is 0 Å². The zero-order valence-electron chi connectivity index (χ0n) is 11.8. The smallest absolute Gasteiger partial charge is 0.220 e. The van der Waals surface area contributed by atoms with Crippen molar-refractivity contribution >= 4 is 5.91 Å². The maximum Gasteiger partial charge on any atom is 0.220 e. The Morgan fingerprint density at radius 3 is 2.90 bits per heavy atom. The lowest BCUT2D eigenvalue weighted by Gasteiger charge is -2.08. The van der Waals surface area contributed by atoms with Crippen LogP contribution in [-0.2, 0) is 11.3 Å². The quantitative estimate of drug-likeness (QED) is 0.631. The van der Waals surface area contributed by atoms with Crippen molar-refractivity contribution < 1.29 is 14.6 Å². The second-order valence-corrected chi connectivity index (χ2v) is 5.13. The van der Waals surface area contributed by atoms with Crippen molar-refractivity contribution in [2.45, 2.75) is 38.3 Å². The van der Waals surface area contributed by atoms with Crippen LogP contribution in [0.3, 0.4) is 0 Å². The Kier molecular flexibility index (Phi) is 5.24. The van der Waals surface area contributed by atoms with Gasteiger partial charge >= 0.3 is 0 Å². The standard InChI is InChI=1S/C15H22N2O3/c1-20-14-7-4-11(9-13(14)18)10-16-8-2-3-15(19)17-12-5-6-12/h4,7,9,12,16,18H,2-3,5-6,8,10H2,1H3,(H,17,19). The molecule has 0 bridgehead atoms. The highest BCUT2D eigenvalue weighted by atomic mass is 16.5. The minimum atomic E-state index is 0.149. The Morgan fingerprint density at radius 1 is 1.45 bits per heavy atom. The number of carbonyl (C=O) groups is 1. The Bertz CT molecular complexity index is 458. The molecule has 1 aliphatic carbocycles. The van der Waals surface area contributed by atoms with E-state index in [9.17, 15) is 9.90 Å². The average Bonchev–Trinajstić information content (AvgIpc) is 3.22. The molecule has 1 aromatic rings. The van der Waals surface area contributed by atoms with Crippen LogP contribution in [0.25, 0.3) is 0 Å². The predicted octanol–water partition coefficient (Wildman–Crippen LogP) is 1.55. The molecule has 0 atom stereocenters. The van der Waals surface area contributed by atoms with Crippen molar-refractivity contribution in [2.24, 2.45) is 0 Å². The van der Waals surface area contributed by atoms with Crippen molar-refractivity contribution in [3.63, 3.8) is 0 Å². The first-order chi connectivity index (χ1) is 9.69. The second-order valence-electron chi connectivity index (χ2n) is 5.13. The molecular weight excluding hydrogens is 256 g/mol. The van der Waals surface area contributed by atoms with E-state index in [1.165, 1.54) is 7.11 Å². The monoisotopic (exact) mass is 278 g/mol. The molecule has 0 saturated heterocycles. The zero-order valence-corrected chi connectivity index (χ0v) is 11.8. The van der Waals surface area contributed by atoms with Crippen molar-refractivity contribution in [2.75, 3.05) is 13.7 Å². The molecule has 0 unspecified atom stereocenters. The summed E-state index contributed by atoms with van der Waals surface area (Å²) in [5.41, 5.74) is 0.991. The fourth-order valence-corrected chi connectivity index (χ4v) is 1.98. The van der Waals surface area contributed by atoms with Gasteiger partial charge in [-0.1, -0.05) is 6.07 Å². The topological polar surface area (TPSA) is 70.6 Å². The first-order valence-electron chi connectivity index (χ1n) is 7.05. The largest absolute Gasteiger partial charge is 0.504 e. The molecule has 2 rings (SSSR count). The van der Waals surface area contributed by atoms with Crippen molar-refractivity contribution in [1.82, 2.24) is 10.6 Å². The van der Waals surface area contributed by atoms with Gasteiger partial charge in [-0.15, -0.1) is 0 Å². The predicted molar refractivity (Wildman–Crippen MR) is 76.8 cm³/mol. The Labute approximate surface area is 119 Å². The summed E-state index contributed by atoms with van der Waals surface area (Å²) in [5.74, 6) is 0.775. The van der Waals surface area contributed by atoms with Crippen LogP contribution in [0.4, 0.5) is 0 Å². The molecule has 5 nitrogen and oxygen atoms in total. The number of hydrogen-bond donors (Lipinski definition) is 3. The fraction of sp³-hybridized carbons (Fsp3) is 0.533. The SMILES string of the molecule is COc1ccc(CNCCCC(=O)NC2CC2)cc1O. The van der Waals surface area contributed by atoms with E-state index < -0.39 is 0 Å². The number of benzene rings is 1. The number of rotatable bonds is 8. The van der Waals surface area contributed by atoms with E-state index in [1.54, 1.807) is 12.1 Å². The molecule has 0 radical (unpaired) electrons. The summed E-state index contributed by atoms with van der Waals surface area (Å²) in [6, 6.07) is 5.78. The van der Waals surface area contributed by atoms with Crippen LogP contribution < -0.4 is 15.4 Å². The Morgan fingerprint density at radius 2 is 2.25 bits per heavy atom. The van der Waals surface area contributed by atoms with Crippen LogP contribution >= 0.6 is 0 Å². The summed E-state index contributed by atoms with van der Waals surface area (Å²) in [7, 11) is 1.53. The maximum atomic E-state index is 11.5. The number of hydrogen-bond acceptors (Lipinski definition) is 4. The summed E-state index contributed by atoms with van der Waals surface area (Å²) in [6.45, 7) is 1.45. The summed E-state index contributed by atoms with van der Waals surface area (Å²) in [5, 5.41) is 15.9. The van der Waals surface area contributed by atoms with Crippen molar-refractivity contribution in [3.8, 4) is 11.5 Å². The minimum absolute atomic E-state index is 0.149. The molecule has 0 heterocycles. The highest BCUT2D eigenvalue weighted by molar-refractivity contribution is 5.76. The first-order valence-corrected chi connectivity index (χ1v) is 7.05. The Hall–Kier alpha value is -1.75. The molecule has 1 amide bonds. The number of aromatic hydroxyl groups is 1. The average molecular weight is 278 g/mol. The van der Waals surface area contributed by atoms with Crippen LogP contribution in [0, 0.1) is 0 Å². The molecule has 0 aliphatic heterocycles. The molecule has 20 heavy (non-hydrogen) atoms. The molecule has 1 fully saturated rings. The number of carbonyl (C=O) groups excluding carboxylic acids is 1. The number of methoxy groups -OCH3 is 1. The van der Waals surface area contributed by atoms with Crippen LogP contribution in [0.5, 0.6) is 11.5 Å². The molecule has 5 heteroatoms. The summed E-state index contributed by atoms with van der Waals surface area (Å²) >= 11 is 0. The van der Waals surface area contributed by atoms with Crippen LogP contribution in [-0.4, -0.2) is 30.7 Å². The third-order valence-corrected chi connectivity index (χ3v) is 3.27. The third-order valence-electron chi connectivity index (χ3n) is 3.27.